The fraction of sp³-hybridized carbons (Fsp3) is 0.353. The molecule has 0 saturated carbocycles. The van der Waals surface area contributed by atoms with Gasteiger partial charge in [-0.25, -0.2) is 12.8 Å². The summed E-state index contributed by atoms with van der Waals surface area (Å²) in [4.78, 5) is 12.9. The summed E-state index contributed by atoms with van der Waals surface area (Å²) in [6.45, 7) is 3.08. The SMILES string of the molecule is Cc1ccsc1CNC(=O)c1ccc(F)c(S(=O)(=O)N2CCCC2)c1. The van der Waals surface area contributed by atoms with Crippen molar-refractivity contribution in [1.82, 2.24) is 9.62 Å². The van der Waals surface area contributed by atoms with Crippen LogP contribution in [0.25, 0.3) is 0 Å². The van der Waals surface area contributed by atoms with Crippen molar-refractivity contribution in [3.8, 4) is 0 Å². The molecule has 1 aromatic carbocycles. The average Bonchev–Trinajstić information content (AvgIpc) is 3.25. The molecule has 0 unspecified atom stereocenters. The van der Waals surface area contributed by atoms with Gasteiger partial charge in [0.05, 0.1) is 6.54 Å². The van der Waals surface area contributed by atoms with Crippen LogP contribution in [-0.4, -0.2) is 31.7 Å². The van der Waals surface area contributed by atoms with E-state index in [1.54, 1.807) is 0 Å². The van der Waals surface area contributed by atoms with Crippen molar-refractivity contribution in [2.45, 2.75) is 31.2 Å². The van der Waals surface area contributed by atoms with Gasteiger partial charge in [-0.05, 0) is 55.0 Å². The molecular formula is C17H19FN2O3S2. The van der Waals surface area contributed by atoms with Crippen LogP contribution in [0.4, 0.5) is 4.39 Å². The zero-order chi connectivity index (χ0) is 18.0. The highest BCUT2D eigenvalue weighted by Crippen LogP contribution is 2.24. The number of hydrogen-bond donors (Lipinski definition) is 1. The molecule has 1 aliphatic heterocycles. The van der Waals surface area contributed by atoms with Crippen LogP contribution in [0.3, 0.4) is 0 Å². The van der Waals surface area contributed by atoms with E-state index < -0.39 is 26.6 Å². The van der Waals surface area contributed by atoms with Gasteiger partial charge in [0.2, 0.25) is 10.0 Å². The van der Waals surface area contributed by atoms with Crippen LogP contribution in [0.15, 0.2) is 34.5 Å². The number of carbonyl (C=O) groups excluding carboxylic acids is 1. The van der Waals surface area contributed by atoms with Crippen molar-refractivity contribution < 1.29 is 17.6 Å². The van der Waals surface area contributed by atoms with Crippen molar-refractivity contribution in [3.05, 3.63) is 51.5 Å². The number of carbonyl (C=O) groups is 1. The summed E-state index contributed by atoms with van der Waals surface area (Å²) in [6.07, 6.45) is 1.53. The Morgan fingerprint density at radius 2 is 2.00 bits per heavy atom. The van der Waals surface area contributed by atoms with Gasteiger partial charge in [0.15, 0.2) is 0 Å². The smallest absolute Gasteiger partial charge is 0.251 e. The van der Waals surface area contributed by atoms with Crippen LogP contribution in [0, 0.1) is 12.7 Å². The monoisotopic (exact) mass is 382 g/mol. The van der Waals surface area contributed by atoms with Gasteiger partial charge in [-0.1, -0.05) is 0 Å². The first-order chi connectivity index (χ1) is 11.9. The quantitative estimate of drug-likeness (QED) is 0.865. The minimum atomic E-state index is -3.91. The van der Waals surface area contributed by atoms with E-state index in [2.05, 4.69) is 5.32 Å². The van der Waals surface area contributed by atoms with E-state index in [9.17, 15) is 17.6 Å². The molecule has 2 aromatic rings. The van der Waals surface area contributed by atoms with Crippen molar-refractivity contribution in [3.63, 3.8) is 0 Å². The van der Waals surface area contributed by atoms with Gasteiger partial charge in [0, 0.05) is 23.5 Å². The number of rotatable bonds is 5. The minimum Gasteiger partial charge on any atom is -0.347 e. The Balaban J connectivity index is 1.81. The van der Waals surface area contributed by atoms with E-state index in [-0.39, 0.29) is 5.56 Å². The van der Waals surface area contributed by atoms with Gasteiger partial charge < -0.3 is 5.32 Å². The van der Waals surface area contributed by atoms with Gasteiger partial charge in [0.25, 0.3) is 5.91 Å². The summed E-state index contributed by atoms with van der Waals surface area (Å²) in [7, 11) is -3.91. The molecule has 8 heteroatoms. The second-order valence-electron chi connectivity index (χ2n) is 5.97. The summed E-state index contributed by atoms with van der Waals surface area (Å²) in [5.41, 5.74) is 1.22. The second kappa shape index (κ2) is 7.23. The van der Waals surface area contributed by atoms with Gasteiger partial charge in [0.1, 0.15) is 10.7 Å². The first-order valence-corrected chi connectivity index (χ1v) is 10.3. The van der Waals surface area contributed by atoms with Crippen molar-refractivity contribution in [2.24, 2.45) is 0 Å². The van der Waals surface area contributed by atoms with Gasteiger partial charge in [-0.3, -0.25) is 4.79 Å². The van der Waals surface area contributed by atoms with Crippen LogP contribution < -0.4 is 5.32 Å². The molecule has 5 nitrogen and oxygen atoms in total. The van der Waals surface area contributed by atoms with Gasteiger partial charge in [-0.2, -0.15) is 4.31 Å². The largest absolute Gasteiger partial charge is 0.347 e. The molecule has 2 heterocycles. The molecule has 134 valence electrons. The van der Waals surface area contributed by atoms with E-state index in [1.165, 1.54) is 21.7 Å². The third-order valence-corrected chi connectivity index (χ3v) is 7.19. The number of amides is 1. The molecule has 25 heavy (non-hydrogen) atoms. The zero-order valence-electron chi connectivity index (χ0n) is 13.8. The lowest BCUT2D eigenvalue weighted by atomic mass is 10.2. The number of benzene rings is 1. The summed E-state index contributed by atoms with van der Waals surface area (Å²) in [6, 6.07) is 5.42. The second-order valence-corrected chi connectivity index (χ2v) is 8.87. The Hall–Kier alpha value is -1.77. The lowest BCUT2D eigenvalue weighted by molar-refractivity contribution is 0.0951. The molecule has 0 bridgehead atoms. The molecule has 0 radical (unpaired) electrons. The maximum atomic E-state index is 14.1. The maximum Gasteiger partial charge on any atom is 0.251 e. The number of sulfonamides is 1. The molecule has 0 aliphatic carbocycles. The fourth-order valence-electron chi connectivity index (χ4n) is 2.76. The normalized spacial score (nSPS) is 15.4. The number of nitrogens with zero attached hydrogens (tertiary/aromatic N) is 1. The average molecular weight is 382 g/mol. The Kier molecular flexibility index (Phi) is 5.21. The molecule has 1 N–H and O–H groups in total. The van der Waals surface area contributed by atoms with Crippen LogP contribution in [0.5, 0.6) is 0 Å². The number of halogens is 1. The third-order valence-electron chi connectivity index (χ3n) is 4.25. The molecule has 0 spiro atoms. The van der Waals surface area contributed by atoms with E-state index >= 15 is 0 Å². The first kappa shape index (κ1) is 18.0. The van der Waals surface area contributed by atoms with Crippen LogP contribution in [0.2, 0.25) is 0 Å². The summed E-state index contributed by atoms with van der Waals surface area (Å²) >= 11 is 1.54. The predicted molar refractivity (Wildman–Crippen MR) is 94.6 cm³/mol. The summed E-state index contributed by atoms with van der Waals surface area (Å²) in [5.74, 6) is -1.26. The van der Waals surface area contributed by atoms with Crippen molar-refractivity contribution >= 4 is 27.3 Å². The Morgan fingerprint density at radius 1 is 1.28 bits per heavy atom. The number of hydrogen-bond acceptors (Lipinski definition) is 4. The molecule has 1 fully saturated rings. The summed E-state index contributed by atoms with van der Waals surface area (Å²) in [5, 5.41) is 4.69. The highest BCUT2D eigenvalue weighted by atomic mass is 32.2. The zero-order valence-corrected chi connectivity index (χ0v) is 15.4. The highest BCUT2D eigenvalue weighted by molar-refractivity contribution is 7.89. The number of aryl methyl sites for hydroxylation is 1. The van der Waals surface area contributed by atoms with Crippen LogP contribution in [0.1, 0.15) is 33.6 Å². The molecule has 1 saturated heterocycles. The number of thiophene rings is 1. The number of nitrogens with one attached hydrogen (secondary N) is 1. The highest BCUT2D eigenvalue weighted by Gasteiger charge is 2.30. The molecular weight excluding hydrogens is 363 g/mol. The van der Waals surface area contributed by atoms with Crippen LogP contribution in [-0.2, 0) is 16.6 Å². The molecule has 0 atom stereocenters. The minimum absolute atomic E-state index is 0.133. The summed E-state index contributed by atoms with van der Waals surface area (Å²) < 4.78 is 40.5. The maximum absolute atomic E-state index is 14.1. The Bertz CT molecular complexity index is 887. The lowest BCUT2D eigenvalue weighted by Crippen LogP contribution is -2.29. The molecule has 1 amide bonds. The molecule has 1 aromatic heterocycles. The van der Waals surface area contributed by atoms with Crippen LogP contribution >= 0.6 is 11.3 Å². The van der Waals surface area contributed by atoms with E-state index in [4.69, 9.17) is 0 Å². The van der Waals surface area contributed by atoms with E-state index in [0.29, 0.717) is 19.6 Å². The van der Waals surface area contributed by atoms with Gasteiger partial charge in [-0.15, -0.1) is 11.3 Å². The van der Waals surface area contributed by atoms with Crippen molar-refractivity contribution in [2.75, 3.05) is 13.1 Å². The van der Waals surface area contributed by atoms with E-state index in [1.807, 2.05) is 18.4 Å². The fourth-order valence-corrected chi connectivity index (χ4v) is 5.21. The molecule has 3 rings (SSSR count). The standard InChI is InChI=1S/C17H19FN2O3S2/c1-12-6-9-24-15(12)11-19-17(21)13-4-5-14(18)16(10-13)25(22,23)20-7-2-3-8-20/h4-6,9-10H,2-3,7-8,11H2,1H3,(H,19,21). The lowest BCUT2D eigenvalue weighted by Gasteiger charge is -2.16. The van der Waals surface area contributed by atoms with E-state index in [0.717, 1.165) is 35.4 Å². The molecule has 1 aliphatic rings. The van der Waals surface area contributed by atoms with Gasteiger partial charge >= 0.3 is 0 Å². The predicted octanol–water partition coefficient (Wildman–Crippen LogP) is 2.91. The third kappa shape index (κ3) is 3.75. The Morgan fingerprint density at radius 3 is 2.64 bits per heavy atom. The first-order valence-electron chi connectivity index (χ1n) is 8.00. The topological polar surface area (TPSA) is 66.5 Å². The Labute approximate surface area is 150 Å². The van der Waals surface area contributed by atoms with Crippen molar-refractivity contribution in [1.29, 1.82) is 0 Å².